The zero-order valence-corrected chi connectivity index (χ0v) is 23.6. The Balaban J connectivity index is 0.00000161. The number of carbonyl (C=O) groups is 1. The Morgan fingerprint density at radius 2 is 1.63 bits per heavy atom. The molecular formula is C32H46O6. The Hall–Kier alpha value is -2.53. The summed E-state index contributed by atoms with van der Waals surface area (Å²) in [6.07, 6.45) is 23.2. The van der Waals surface area contributed by atoms with Crippen molar-refractivity contribution in [2.24, 2.45) is 11.8 Å². The molecule has 6 nitrogen and oxygen atoms in total. The quantitative estimate of drug-likeness (QED) is 0.227. The molecule has 0 aliphatic carbocycles. The van der Waals surface area contributed by atoms with Gasteiger partial charge in [-0.25, -0.2) is 0 Å². The van der Waals surface area contributed by atoms with E-state index < -0.39 is 0 Å². The van der Waals surface area contributed by atoms with Crippen molar-refractivity contribution in [3.8, 4) is 0 Å². The Morgan fingerprint density at radius 1 is 0.974 bits per heavy atom. The fourth-order valence-corrected chi connectivity index (χ4v) is 5.23. The van der Waals surface area contributed by atoms with Gasteiger partial charge < -0.3 is 14.2 Å². The standard InChI is InChI=1S/C31H46O4.CO2/c1-6-22(2)11-8-7-9-14-30-25(5)16-15-23(3)17-26-12-10-13-27(33-26)20-28-18-24(4)19-29(34-28)21-31(32)35-30;2-1-3/h7-9,11,14-16,23,25-30H,4,6,10,12-13,17-21H2,1-3,5H3;/b8-7-,14-9+,16-15+,22-11+;/t23-,25-,26+,27?,28+,29?,30?;/m0./s1. The van der Waals surface area contributed by atoms with Gasteiger partial charge in [-0.3, -0.25) is 4.79 Å². The van der Waals surface area contributed by atoms with Gasteiger partial charge in [-0.2, -0.15) is 9.59 Å². The molecule has 0 N–H and O–H groups in total. The van der Waals surface area contributed by atoms with Gasteiger partial charge >= 0.3 is 12.1 Å². The first-order chi connectivity index (χ1) is 18.2. The third-order valence-corrected chi connectivity index (χ3v) is 7.40. The molecule has 4 bridgehead atoms. The first kappa shape index (κ1) is 31.7. The highest BCUT2D eigenvalue weighted by Crippen LogP contribution is 2.33. The second-order valence-electron chi connectivity index (χ2n) is 10.9. The molecule has 0 amide bonds. The summed E-state index contributed by atoms with van der Waals surface area (Å²) in [5, 5.41) is 0. The number of esters is 1. The van der Waals surface area contributed by atoms with E-state index in [4.69, 9.17) is 23.8 Å². The summed E-state index contributed by atoms with van der Waals surface area (Å²) >= 11 is 0. The van der Waals surface area contributed by atoms with Crippen molar-refractivity contribution in [2.45, 2.75) is 116 Å². The van der Waals surface area contributed by atoms with Crippen LogP contribution >= 0.6 is 0 Å². The van der Waals surface area contributed by atoms with Gasteiger partial charge in [0.15, 0.2) is 0 Å². The molecule has 3 aliphatic heterocycles. The van der Waals surface area contributed by atoms with Crippen LogP contribution in [-0.2, 0) is 28.6 Å². The van der Waals surface area contributed by atoms with Crippen molar-refractivity contribution in [3.63, 3.8) is 0 Å². The number of rotatable bonds is 4. The van der Waals surface area contributed by atoms with E-state index >= 15 is 0 Å². The van der Waals surface area contributed by atoms with Crippen molar-refractivity contribution in [1.29, 1.82) is 0 Å². The fourth-order valence-electron chi connectivity index (χ4n) is 5.23. The fraction of sp³-hybridized carbons (Fsp3) is 0.625. The molecule has 3 unspecified atom stereocenters. The summed E-state index contributed by atoms with van der Waals surface area (Å²) in [7, 11) is 0. The molecule has 3 heterocycles. The van der Waals surface area contributed by atoms with Gasteiger partial charge in [0.2, 0.25) is 0 Å². The van der Waals surface area contributed by atoms with Crippen LogP contribution in [0.3, 0.4) is 0 Å². The van der Waals surface area contributed by atoms with Gasteiger partial charge in [-0.05, 0) is 63.9 Å². The Kier molecular flexibility index (Phi) is 14.3. The molecule has 0 saturated carbocycles. The SMILES string of the molecule is C=C1CC2CC(=O)OC(/C=C/C=C\C=C(/C)CC)[C@@H](C)/C=C/[C@H](C)C[C@H]3CCCC(C[C@@H](C1)O2)O3.O=C=O. The highest BCUT2D eigenvalue weighted by molar-refractivity contribution is 5.70. The number of carbonyl (C=O) groups excluding carboxylic acids is 3. The molecule has 210 valence electrons. The number of ether oxygens (including phenoxy) is 3. The lowest BCUT2D eigenvalue weighted by Crippen LogP contribution is -2.37. The summed E-state index contributed by atoms with van der Waals surface area (Å²) in [5.74, 6) is 0.270. The highest BCUT2D eigenvalue weighted by atomic mass is 16.5. The van der Waals surface area contributed by atoms with Crippen molar-refractivity contribution in [1.82, 2.24) is 0 Å². The lowest BCUT2D eigenvalue weighted by atomic mass is 9.90. The van der Waals surface area contributed by atoms with E-state index in [1.165, 1.54) is 12.0 Å². The van der Waals surface area contributed by atoms with Crippen LogP contribution in [0.4, 0.5) is 0 Å². The first-order valence-corrected chi connectivity index (χ1v) is 14.1. The molecule has 7 atom stereocenters. The minimum absolute atomic E-state index is 0.0712. The molecule has 6 heteroatoms. The molecule has 0 radical (unpaired) electrons. The molecule has 38 heavy (non-hydrogen) atoms. The number of cyclic esters (lactones) is 1. The summed E-state index contributed by atoms with van der Waals surface area (Å²) in [6, 6.07) is 0. The van der Waals surface area contributed by atoms with Gasteiger partial charge in [0.05, 0.1) is 30.8 Å². The molecule has 2 fully saturated rings. The maximum atomic E-state index is 13.0. The van der Waals surface area contributed by atoms with Gasteiger partial charge in [-0.15, -0.1) is 0 Å². The van der Waals surface area contributed by atoms with Crippen LogP contribution in [0, 0.1) is 11.8 Å². The topological polar surface area (TPSA) is 78.9 Å². The molecule has 3 rings (SSSR count). The number of hydrogen-bond acceptors (Lipinski definition) is 6. The molecule has 0 aromatic carbocycles. The normalized spacial score (nSPS) is 34.2. The first-order valence-electron chi connectivity index (χ1n) is 14.1. The predicted octanol–water partition coefficient (Wildman–Crippen LogP) is 6.84. The van der Waals surface area contributed by atoms with Crippen molar-refractivity contribution in [2.75, 3.05) is 0 Å². The van der Waals surface area contributed by atoms with Crippen LogP contribution in [0.2, 0.25) is 0 Å². The minimum atomic E-state index is -0.322. The van der Waals surface area contributed by atoms with E-state index in [2.05, 4.69) is 52.5 Å². The van der Waals surface area contributed by atoms with Crippen LogP contribution in [-0.4, -0.2) is 42.6 Å². The maximum absolute atomic E-state index is 13.0. The summed E-state index contributed by atoms with van der Waals surface area (Å²) in [6.45, 7) is 12.9. The average molecular weight is 527 g/mol. The zero-order chi connectivity index (χ0) is 27.9. The third-order valence-electron chi connectivity index (χ3n) is 7.40. The molecule has 3 aliphatic rings. The van der Waals surface area contributed by atoms with Crippen molar-refractivity contribution in [3.05, 3.63) is 60.3 Å². The molecular weight excluding hydrogens is 480 g/mol. The number of allylic oxidation sites excluding steroid dienone is 6. The predicted molar refractivity (Wildman–Crippen MR) is 148 cm³/mol. The van der Waals surface area contributed by atoms with E-state index in [0.29, 0.717) is 12.0 Å². The van der Waals surface area contributed by atoms with Crippen LogP contribution in [0.15, 0.2) is 60.3 Å². The average Bonchev–Trinajstić information content (AvgIpc) is 2.86. The minimum Gasteiger partial charge on any atom is -0.457 e. The van der Waals surface area contributed by atoms with E-state index in [-0.39, 0.29) is 48.9 Å². The van der Waals surface area contributed by atoms with Crippen LogP contribution in [0.1, 0.15) is 85.5 Å². The van der Waals surface area contributed by atoms with Gasteiger partial charge in [0, 0.05) is 12.3 Å². The number of hydrogen-bond donors (Lipinski definition) is 0. The Bertz CT molecular complexity index is 907. The summed E-state index contributed by atoms with van der Waals surface area (Å²) < 4.78 is 18.8. The summed E-state index contributed by atoms with van der Waals surface area (Å²) in [4.78, 5) is 29.2. The lowest BCUT2D eigenvalue weighted by molar-refractivity contribution is -0.191. The molecule has 2 saturated heterocycles. The van der Waals surface area contributed by atoms with Crippen LogP contribution < -0.4 is 0 Å². The third kappa shape index (κ3) is 11.9. The lowest BCUT2D eigenvalue weighted by Gasteiger charge is -2.37. The summed E-state index contributed by atoms with van der Waals surface area (Å²) in [5.41, 5.74) is 2.49. The molecule has 0 spiro atoms. The van der Waals surface area contributed by atoms with E-state index in [0.717, 1.165) is 50.5 Å². The Morgan fingerprint density at radius 3 is 2.34 bits per heavy atom. The second-order valence-corrected chi connectivity index (χ2v) is 10.9. The largest absolute Gasteiger partial charge is 0.457 e. The van der Waals surface area contributed by atoms with Gasteiger partial charge in [0.25, 0.3) is 0 Å². The van der Waals surface area contributed by atoms with Crippen LogP contribution in [0.25, 0.3) is 0 Å². The van der Waals surface area contributed by atoms with E-state index in [1.54, 1.807) is 0 Å². The molecule has 0 aromatic rings. The monoisotopic (exact) mass is 526 g/mol. The van der Waals surface area contributed by atoms with Gasteiger partial charge in [0.1, 0.15) is 6.10 Å². The Labute approximate surface area is 228 Å². The zero-order valence-electron chi connectivity index (χ0n) is 23.6. The smallest absolute Gasteiger partial charge is 0.373 e. The number of fused-ring (bicyclic) bond motifs is 4. The van der Waals surface area contributed by atoms with Crippen LogP contribution in [0.5, 0.6) is 0 Å². The van der Waals surface area contributed by atoms with Gasteiger partial charge in [-0.1, -0.05) is 75.0 Å². The van der Waals surface area contributed by atoms with E-state index in [9.17, 15) is 4.79 Å². The van der Waals surface area contributed by atoms with Crippen molar-refractivity contribution < 1.29 is 28.6 Å². The maximum Gasteiger partial charge on any atom is 0.373 e. The van der Waals surface area contributed by atoms with E-state index in [1.807, 2.05) is 24.3 Å². The van der Waals surface area contributed by atoms with Crippen molar-refractivity contribution >= 4 is 12.1 Å². The highest BCUT2D eigenvalue weighted by Gasteiger charge is 2.32. The second kappa shape index (κ2) is 17.1. The molecule has 0 aromatic heterocycles.